The maximum Gasteiger partial charge on any atom is 0.221 e. The van der Waals surface area contributed by atoms with Crippen LogP contribution in [-0.2, 0) is 4.79 Å². The molecule has 0 saturated heterocycles. The summed E-state index contributed by atoms with van der Waals surface area (Å²) >= 11 is 0. The maximum absolute atomic E-state index is 11.7. The van der Waals surface area contributed by atoms with Crippen LogP contribution >= 0.6 is 0 Å². The van der Waals surface area contributed by atoms with Crippen LogP contribution in [0.15, 0.2) is 18.2 Å². The molecule has 0 radical (unpaired) electrons. The molecule has 20 heavy (non-hydrogen) atoms. The molecule has 2 N–H and O–H groups in total. The van der Waals surface area contributed by atoms with E-state index in [0.29, 0.717) is 13.0 Å². The van der Waals surface area contributed by atoms with Crippen molar-refractivity contribution in [1.82, 2.24) is 10.6 Å². The lowest BCUT2D eigenvalue weighted by Crippen LogP contribution is -2.34. The van der Waals surface area contributed by atoms with E-state index in [1.165, 1.54) is 16.7 Å². The number of rotatable bonds is 7. The number of benzene rings is 1. The van der Waals surface area contributed by atoms with Gasteiger partial charge in [-0.1, -0.05) is 36.2 Å². The lowest BCUT2D eigenvalue weighted by Gasteiger charge is -2.16. The van der Waals surface area contributed by atoms with Gasteiger partial charge in [-0.2, -0.15) is 0 Å². The third kappa shape index (κ3) is 5.74. The van der Waals surface area contributed by atoms with Crippen LogP contribution in [0.2, 0.25) is 0 Å². The van der Waals surface area contributed by atoms with E-state index in [4.69, 9.17) is 0 Å². The van der Waals surface area contributed by atoms with Gasteiger partial charge in [-0.3, -0.25) is 4.79 Å². The van der Waals surface area contributed by atoms with Gasteiger partial charge in [0.2, 0.25) is 5.91 Å². The molecule has 1 aromatic rings. The van der Waals surface area contributed by atoms with Crippen LogP contribution < -0.4 is 10.6 Å². The highest BCUT2D eigenvalue weighted by atomic mass is 16.1. The zero-order valence-electron chi connectivity index (χ0n) is 13.4. The summed E-state index contributed by atoms with van der Waals surface area (Å²) in [5.41, 5.74) is 3.84. The number of hydrogen-bond donors (Lipinski definition) is 2. The summed E-state index contributed by atoms with van der Waals surface area (Å²) in [4.78, 5) is 11.7. The molecule has 0 spiro atoms. The Hall–Kier alpha value is -1.35. The molecule has 3 nitrogen and oxygen atoms in total. The zero-order chi connectivity index (χ0) is 15.1. The first-order valence-corrected chi connectivity index (χ1v) is 7.53. The predicted octanol–water partition coefficient (Wildman–Crippen LogP) is 3.26. The van der Waals surface area contributed by atoms with Crippen molar-refractivity contribution < 1.29 is 4.79 Å². The molecule has 2 atom stereocenters. The first kappa shape index (κ1) is 16.7. The van der Waals surface area contributed by atoms with Gasteiger partial charge in [0.15, 0.2) is 0 Å². The molecule has 1 aromatic carbocycles. The van der Waals surface area contributed by atoms with Crippen LogP contribution in [-0.4, -0.2) is 18.5 Å². The van der Waals surface area contributed by atoms with Crippen molar-refractivity contribution in [3.63, 3.8) is 0 Å². The Labute approximate surface area is 123 Å². The highest BCUT2D eigenvalue weighted by molar-refractivity contribution is 5.76. The lowest BCUT2D eigenvalue weighted by molar-refractivity contribution is -0.121. The Morgan fingerprint density at radius 3 is 2.30 bits per heavy atom. The molecule has 0 bridgehead atoms. The molecule has 0 heterocycles. The fourth-order valence-corrected chi connectivity index (χ4v) is 2.23. The van der Waals surface area contributed by atoms with E-state index < -0.39 is 0 Å². The van der Waals surface area contributed by atoms with Crippen molar-refractivity contribution in [1.29, 1.82) is 0 Å². The second-order valence-electron chi connectivity index (χ2n) is 5.72. The molecule has 0 aromatic heterocycles. The normalized spacial score (nSPS) is 13.8. The van der Waals surface area contributed by atoms with Crippen molar-refractivity contribution >= 4 is 5.91 Å². The quantitative estimate of drug-likeness (QED) is 0.802. The monoisotopic (exact) mass is 276 g/mol. The molecule has 2 unspecified atom stereocenters. The topological polar surface area (TPSA) is 41.1 Å². The van der Waals surface area contributed by atoms with Crippen LogP contribution in [0.25, 0.3) is 0 Å². The minimum Gasteiger partial charge on any atom is -0.354 e. The average Bonchev–Trinajstić information content (AvgIpc) is 2.37. The van der Waals surface area contributed by atoms with Gasteiger partial charge < -0.3 is 10.6 Å². The van der Waals surface area contributed by atoms with Gasteiger partial charge in [-0.15, -0.1) is 0 Å². The van der Waals surface area contributed by atoms with E-state index in [-0.39, 0.29) is 18.0 Å². The van der Waals surface area contributed by atoms with E-state index in [9.17, 15) is 4.79 Å². The van der Waals surface area contributed by atoms with Crippen LogP contribution in [0.4, 0.5) is 0 Å². The first-order valence-electron chi connectivity index (χ1n) is 7.53. The SMILES string of the molecule is CCC(C)NC(=O)CCNC(C)c1cc(C)cc(C)c1. The van der Waals surface area contributed by atoms with Gasteiger partial charge in [-0.05, 0) is 39.7 Å². The van der Waals surface area contributed by atoms with Crippen LogP contribution in [0.3, 0.4) is 0 Å². The van der Waals surface area contributed by atoms with E-state index >= 15 is 0 Å². The summed E-state index contributed by atoms with van der Waals surface area (Å²) in [7, 11) is 0. The van der Waals surface area contributed by atoms with Crippen LogP contribution in [0, 0.1) is 13.8 Å². The molecule has 0 fully saturated rings. The molecule has 1 rings (SSSR count). The van der Waals surface area contributed by atoms with Crippen LogP contribution in [0.5, 0.6) is 0 Å². The van der Waals surface area contributed by atoms with Crippen molar-refractivity contribution in [2.24, 2.45) is 0 Å². The van der Waals surface area contributed by atoms with E-state index in [0.717, 1.165) is 6.42 Å². The van der Waals surface area contributed by atoms with E-state index in [2.05, 4.69) is 56.5 Å². The maximum atomic E-state index is 11.7. The Morgan fingerprint density at radius 2 is 1.75 bits per heavy atom. The first-order chi connectivity index (χ1) is 9.42. The second kappa shape index (κ2) is 8.05. The average molecular weight is 276 g/mol. The standard InChI is InChI=1S/C17H28N2O/c1-6-14(4)19-17(20)7-8-18-15(5)16-10-12(2)9-13(3)11-16/h9-11,14-15,18H,6-8H2,1-5H3,(H,19,20). The zero-order valence-corrected chi connectivity index (χ0v) is 13.4. The Kier molecular flexibility index (Phi) is 6.73. The molecule has 0 aliphatic heterocycles. The molecular formula is C17H28N2O. The van der Waals surface area contributed by atoms with Crippen molar-refractivity contribution in [2.45, 2.75) is 59.5 Å². The minimum atomic E-state index is 0.125. The predicted molar refractivity (Wildman–Crippen MR) is 84.8 cm³/mol. The molecule has 3 heteroatoms. The number of carbonyl (C=O) groups is 1. The van der Waals surface area contributed by atoms with Crippen LogP contribution in [0.1, 0.15) is 56.3 Å². The second-order valence-corrected chi connectivity index (χ2v) is 5.72. The minimum absolute atomic E-state index is 0.125. The smallest absolute Gasteiger partial charge is 0.221 e. The van der Waals surface area contributed by atoms with E-state index in [1.807, 2.05) is 6.92 Å². The van der Waals surface area contributed by atoms with Gasteiger partial charge >= 0.3 is 0 Å². The van der Waals surface area contributed by atoms with Crippen molar-refractivity contribution in [2.75, 3.05) is 6.54 Å². The number of nitrogens with one attached hydrogen (secondary N) is 2. The molecule has 0 saturated carbocycles. The van der Waals surface area contributed by atoms with Crippen molar-refractivity contribution in [3.05, 3.63) is 34.9 Å². The summed E-state index contributed by atoms with van der Waals surface area (Å²) < 4.78 is 0. The summed E-state index contributed by atoms with van der Waals surface area (Å²) in [6.07, 6.45) is 1.50. The van der Waals surface area contributed by atoms with E-state index in [1.54, 1.807) is 0 Å². The van der Waals surface area contributed by atoms with Gasteiger partial charge in [0.25, 0.3) is 0 Å². The Bertz CT molecular complexity index is 422. The Balaban J connectivity index is 2.39. The van der Waals surface area contributed by atoms with Gasteiger partial charge in [0, 0.05) is 25.0 Å². The fraction of sp³-hybridized carbons (Fsp3) is 0.588. The number of aryl methyl sites for hydroxylation is 2. The summed E-state index contributed by atoms with van der Waals surface area (Å²) in [5.74, 6) is 0.125. The summed E-state index contributed by atoms with van der Waals surface area (Å²) in [6.45, 7) is 11.2. The highest BCUT2D eigenvalue weighted by Gasteiger charge is 2.08. The van der Waals surface area contributed by atoms with Gasteiger partial charge in [0.05, 0.1) is 0 Å². The summed E-state index contributed by atoms with van der Waals surface area (Å²) in [6, 6.07) is 7.10. The van der Waals surface area contributed by atoms with Crippen molar-refractivity contribution in [3.8, 4) is 0 Å². The lowest BCUT2D eigenvalue weighted by atomic mass is 10.0. The highest BCUT2D eigenvalue weighted by Crippen LogP contribution is 2.16. The number of amides is 1. The number of hydrogen-bond acceptors (Lipinski definition) is 2. The Morgan fingerprint density at radius 1 is 1.15 bits per heavy atom. The van der Waals surface area contributed by atoms with Gasteiger partial charge in [-0.25, -0.2) is 0 Å². The third-order valence-electron chi connectivity index (χ3n) is 3.57. The summed E-state index contributed by atoms with van der Waals surface area (Å²) in [5, 5.41) is 6.40. The third-order valence-corrected chi connectivity index (χ3v) is 3.57. The molecule has 112 valence electrons. The fourth-order valence-electron chi connectivity index (χ4n) is 2.23. The molecular weight excluding hydrogens is 248 g/mol. The molecule has 0 aliphatic carbocycles. The largest absolute Gasteiger partial charge is 0.354 e. The molecule has 1 amide bonds. The number of carbonyl (C=O) groups excluding carboxylic acids is 1. The molecule has 0 aliphatic rings. The van der Waals surface area contributed by atoms with Gasteiger partial charge in [0.1, 0.15) is 0 Å².